The van der Waals surface area contributed by atoms with Crippen LogP contribution in [0.1, 0.15) is 32.1 Å². The van der Waals surface area contributed by atoms with E-state index in [1.165, 1.54) is 14.7 Å². The second-order valence-electron chi connectivity index (χ2n) is 11.7. The zero-order chi connectivity index (χ0) is 32.2. The molecule has 4 aliphatic rings. The Morgan fingerprint density at radius 3 is 1.69 bits per heavy atom. The van der Waals surface area contributed by atoms with Gasteiger partial charge >= 0.3 is 18.0 Å². The Morgan fingerprint density at radius 2 is 1.27 bits per heavy atom. The summed E-state index contributed by atoms with van der Waals surface area (Å²) in [6, 6.07) is 32.2. The maximum absolute atomic E-state index is 13.2. The van der Waals surface area contributed by atoms with Crippen molar-refractivity contribution >= 4 is 38.7 Å². The molecule has 238 valence electrons. The Kier molecular flexibility index (Phi) is 9.76. The molecule has 0 saturated heterocycles. The topological polar surface area (TPSA) is 124 Å². The van der Waals surface area contributed by atoms with Gasteiger partial charge in [0, 0.05) is 11.8 Å². The highest BCUT2D eigenvalue weighted by Gasteiger charge is 2.59. The largest absolute Gasteiger partial charge is 0.453 e. The molecule has 3 aromatic rings. The van der Waals surface area contributed by atoms with E-state index in [1.807, 2.05) is 0 Å². The average molecular weight is 660 g/mol. The van der Waals surface area contributed by atoms with Crippen molar-refractivity contribution in [3.8, 4) is 0 Å². The third kappa shape index (κ3) is 8.16. The van der Waals surface area contributed by atoms with Gasteiger partial charge in [-0.15, -0.1) is 0 Å². The van der Waals surface area contributed by atoms with Crippen LogP contribution in [0.3, 0.4) is 0 Å². The van der Waals surface area contributed by atoms with Crippen LogP contribution in [0.4, 0.5) is 8.78 Å². The van der Waals surface area contributed by atoms with Crippen LogP contribution in [-0.2, 0) is 44.9 Å². The molecule has 1 N–H and O–H groups in total. The molecule has 12 heteroatoms. The van der Waals surface area contributed by atoms with Gasteiger partial charge < -0.3 is 9.47 Å². The Hall–Kier alpha value is -3.61. The molecule has 2 atom stereocenters. The minimum atomic E-state index is -5.06. The summed E-state index contributed by atoms with van der Waals surface area (Å²) in [5, 5.41) is 0. The van der Waals surface area contributed by atoms with Crippen LogP contribution in [0.2, 0.25) is 0 Å². The number of halogens is 2. The van der Waals surface area contributed by atoms with E-state index in [-0.39, 0.29) is 34.4 Å². The van der Waals surface area contributed by atoms with Crippen molar-refractivity contribution < 1.29 is 45.6 Å². The van der Waals surface area contributed by atoms with Crippen molar-refractivity contribution in [2.45, 2.75) is 52.9 Å². The zero-order valence-corrected chi connectivity index (χ0v) is 25.9. The SMILES string of the molecule is O=C(COC(=O)C12CC3CC(C1)C(=O)C(C3)C2)OC(F)(F)CS(=O)(=O)O.c1ccc([S+](c2ccccc2)c2ccccc2)cc1. The number of hydrogen-bond donors (Lipinski definition) is 1. The van der Waals surface area contributed by atoms with E-state index in [2.05, 4.69) is 95.7 Å². The summed E-state index contributed by atoms with van der Waals surface area (Å²) in [4.78, 5) is 40.0. The van der Waals surface area contributed by atoms with Crippen LogP contribution >= 0.6 is 0 Å². The van der Waals surface area contributed by atoms with Gasteiger partial charge in [-0.05, 0) is 74.4 Å². The number of Topliss-reactive ketones (excluding diaryl/α,β-unsaturated/α-hetero) is 1. The monoisotopic (exact) mass is 659 g/mol. The molecular weight excluding hydrogens is 626 g/mol. The van der Waals surface area contributed by atoms with Gasteiger partial charge in [-0.25, -0.2) is 4.79 Å². The Labute approximate surface area is 263 Å². The summed E-state index contributed by atoms with van der Waals surface area (Å²) in [6.07, 6.45) is -1.73. The fraction of sp³-hybridized carbons (Fsp3) is 0.364. The van der Waals surface area contributed by atoms with Gasteiger partial charge in [0.05, 0.1) is 16.3 Å². The normalized spacial score (nSPS) is 23.6. The summed E-state index contributed by atoms with van der Waals surface area (Å²) in [5.41, 5.74) is -0.873. The number of rotatable bonds is 9. The van der Waals surface area contributed by atoms with Gasteiger partial charge in [0.15, 0.2) is 27.0 Å². The van der Waals surface area contributed by atoms with Gasteiger partial charge in [-0.3, -0.25) is 14.1 Å². The number of esters is 2. The van der Waals surface area contributed by atoms with E-state index in [4.69, 9.17) is 9.29 Å². The lowest BCUT2D eigenvalue weighted by molar-refractivity contribution is -0.225. The number of carbonyl (C=O) groups is 3. The molecule has 3 aromatic carbocycles. The fourth-order valence-electron chi connectivity index (χ4n) is 6.79. The van der Waals surface area contributed by atoms with E-state index in [0.717, 1.165) is 12.8 Å². The van der Waals surface area contributed by atoms with Crippen LogP contribution in [0, 0.1) is 23.2 Å². The fourth-order valence-corrected chi connectivity index (χ4v) is 9.38. The lowest BCUT2D eigenvalue weighted by atomic mass is 9.49. The maximum atomic E-state index is 13.2. The predicted octanol–water partition coefficient (Wildman–Crippen LogP) is 5.73. The van der Waals surface area contributed by atoms with Crippen LogP contribution in [-0.4, -0.2) is 49.2 Å². The zero-order valence-electron chi connectivity index (χ0n) is 24.2. The molecule has 4 aliphatic carbocycles. The minimum Gasteiger partial charge on any atom is -0.453 e. The molecule has 0 amide bonds. The average Bonchev–Trinajstić information content (AvgIpc) is 2.99. The van der Waals surface area contributed by atoms with E-state index in [0.29, 0.717) is 19.3 Å². The first-order chi connectivity index (χ1) is 21.3. The molecule has 7 rings (SSSR count). The van der Waals surface area contributed by atoms with Gasteiger partial charge in [0.1, 0.15) is 5.78 Å². The summed E-state index contributed by atoms with van der Waals surface area (Å²) in [7, 11) is -5.08. The van der Waals surface area contributed by atoms with E-state index < -0.39 is 45.9 Å². The van der Waals surface area contributed by atoms with Gasteiger partial charge in [-0.1, -0.05) is 54.6 Å². The Balaban J connectivity index is 0.000000186. The molecule has 0 aromatic heterocycles. The van der Waals surface area contributed by atoms with Crippen molar-refractivity contribution in [2.75, 3.05) is 12.4 Å². The van der Waals surface area contributed by atoms with Crippen molar-refractivity contribution in [3.05, 3.63) is 91.0 Å². The summed E-state index contributed by atoms with van der Waals surface area (Å²) in [5.74, 6) is -4.43. The molecule has 8 nitrogen and oxygen atoms in total. The summed E-state index contributed by atoms with van der Waals surface area (Å²) < 4.78 is 64.2. The molecule has 0 heterocycles. The van der Waals surface area contributed by atoms with E-state index in [9.17, 15) is 31.6 Å². The lowest BCUT2D eigenvalue weighted by Crippen LogP contribution is -2.55. The third-order valence-electron chi connectivity index (χ3n) is 8.30. The van der Waals surface area contributed by atoms with Crippen LogP contribution in [0.5, 0.6) is 0 Å². The first kappa shape index (κ1) is 32.8. The van der Waals surface area contributed by atoms with Crippen molar-refractivity contribution in [1.82, 2.24) is 0 Å². The molecule has 0 radical (unpaired) electrons. The number of ether oxygens (including phenoxy) is 2. The van der Waals surface area contributed by atoms with Crippen molar-refractivity contribution in [1.29, 1.82) is 0 Å². The molecule has 0 spiro atoms. The number of carbonyl (C=O) groups excluding carboxylic acids is 3. The van der Waals surface area contributed by atoms with Crippen molar-refractivity contribution in [2.24, 2.45) is 23.2 Å². The standard InChI is InChI=1S/C18H15S.C15H18F2O8S/c1-4-10-16(11-5-1)19(17-12-6-2-7-13-17)18-14-8-3-9-15-18;16-15(17,7-26(21,22)23)25-11(18)6-24-13(20)14-3-8-1-9(4-14)12(19)10(2-8)5-14/h1-15H;8-10H,1-7H2,(H,21,22,23)/q+1;. The highest BCUT2D eigenvalue weighted by Crippen LogP contribution is 2.59. The molecule has 4 fully saturated rings. The summed E-state index contributed by atoms with van der Waals surface area (Å²) in [6.45, 7) is -1.10. The first-order valence-electron chi connectivity index (χ1n) is 14.5. The van der Waals surface area contributed by atoms with E-state index >= 15 is 0 Å². The van der Waals surface area contributed by atoms with Crippen molar-refractivity contribution in [3.63, 3.8) is 0 Å². The van der Waals surface area contributed by atoms with Crippen LogP contribution in [0.25, 0.3) is 0 Å². The highest BCUT2D eigenvalue weighted by atomic mass is 32.2. The number of ketones is 1. The van der Waals surface area contributed by atoms with Gasteiger partial charge in [-0.2, -0.15) is 17.2 Å². The molecule has 4 saturated carbocycles. The number of hydrogen-bond acceptors (Lipinski definition) is 7. The van der Waals surface area contributed by atoms with Gasteiger partial charge in [0.25, 0.3) is 10.1 Å². The Bertz CT molecular complexity index is 1510. The smallest absolute Gasteiger partial charge is 0.416 e. The molecule has 45 heavy (non-hydrogen) atoms. The number of benzene rings is 3. The first-order valence-corrected chi connectivity index (χ1v) is 17.3. The van der Waals surface area contributed by atoms with Crippen LogP contribution < -0.4 is 0 Å². The maximum Gasteiger partial charge on any atom is 0.416 e. The lowest BCUT2D eigenvalue weighted by Gasteiger charge is -2.53. The molecule has 2 unspecified atom stereocenters. The third-order valence-corrected chi connectivity index (χ3v) is 11.2. The second kappa shape index (κ2) is 13.4. The van der Waals surface area contributed by atoms with Gasteiger partial charge in [0.2, 0.25) is 0 Å². The summed E-state index contributed by atoms with van der Waals surface area (Å²) >= 11 is 0. The highest BCUT2D eigenvalue weighted by molar-refractivity contribution is 7.97. The second-order valence-corrected chi connectivity index (χ2v) is 15.2. The van der Waals surface area contributed by atoms with E-state index in [1.54, 1.807) is 0 Å². The van der Waals surface area contributed by atoms with Crippen LogP contribution in [0.15, 0.2) is 106 Å². The minimum absolute atomic E-state index is 0.0146. The molecule has 4 bridgehead atoms. The predicted molar refractivity (Wildman–Crippen MR) is 161 cm³/mol. The number of alkyl halides is 2. The Morgan fingerprint density at radius 1 is 0.822 bits per heavy atom. The molecule has 0 aliphatic heterocycles. The molecular formula is C33H33F2O8S2+. The quantitative estimate of drug-likeness (QED) is 0.176.